The summed E-state index contributed by atoms with van der Waals surface area (Å²) in [6, 6.07) is 11.8. The summed E-state index contributed by atoms with van der Waals surface area (Å²) in [6.07, 6.45) is 1.43. The third-order valence-electron chi connectivity index (χ3n) is 4.45. The molecule has 0 spiro atoms. The van der Waals surface area contributed by atoms with Crippen molar-refractivity contribution in [1.82, 2.24) is 5.32 Å². The van der Waals surface area contributed by atoms with Crippen LogP contribution in [0.3, 0.4) is 0 Å². The molecule has 2 aromatic rings. The van der Waals surface area contributed by atoms with Crippen molar-refractivity contribution in [3.63, 3.8) is 0 Å². The van der Waals surface area contributed by atoms with Gasteiger partial charge in [0.2, 0.25) is 0 Å². The highest BCUT2D eigenvalue weighted by molar-refractivity contribution is 5.89. The van der Waals surface area contributed by atoms with Crippen LogP contribution in [-0.2, 0) is 0 Å². The lowest BCUT2D eigenvalue weighted by Crippen LogP contribution is -2.40. The van der Waals surface area contributed by atoms with Gasteiger partial charge in [-0.15, -0.1) is 0 Å². The van der Waals surface area contributed by atoms with Gasteiger partial charge in [-0.1, -0.05) is 50.2 Å². The predicted molar refractivity (Wildman–Crippen MR) is 87.6 cm³/mol. The van der Waals surface area contributed by atoms with Crippen LogP contribution in [0.4, 0.5) is 0 Å². The number of aliphatic hydroxyl groups is 1. The molecule has 0 aromatic heterocycles. The second-order valence-electron chi connectivity index (χ2n) is 5.76. The summed E-state index contributed by atoms with van der Waals surface area (Å²) < 4.78 is 0. The van der Waals surface area contributed by atoms with Crippen molar-refractivity contribution < 1.29 is 10.2 Å². The summed E-state index contributed by atoms with van der Waals surface area (Å²) in [7, 11) is 0. The van der Waals surface area contributed by atoms with Gasteiger partial charge in [-0.2, -0.15) is 0 Å². The van der Waals surface area contributed by atoms with Crippen LogP contribution in [0.1, 0.15) is 45.2 Å². The maximum atomic E-state index is 10.5. The van der Waals surface area contributed by atoms with Crippen molar-refractivity contribution >= 4 is 10.8 Å². The largest absolute Gasteiger partial charge is 0.507 e. The minimum atomic E-state index is -0.680. The molecule has 21 heavy (non-hydrogen) atoms. The minimum Gasteiger partial charge on any atom is -0.507 e. The maximum Gasteiger partial charge on any atom is 0.128 e. The molecule has 0 saturated heterocycles. The van der Waals surface area contributed by atoms with Crippen LogP contribution in [0.2, 0.25) is 0 Å². The maximum absolute atomic E-state index is 10.5. The van der Waals surface area contributed by atoms with E-state index in [2.05, 4.69) is 5.32 Å². The van der Waals surface area contributed by atoms with Gasteiger partial charge in [0.1, 0.15) is 5.75 Å². The lowest BCUT2D eigenvalue weighted by Gasteiger charge is -2.28. The van der Waals surface area contributed by atoms with Gasteiger partial charge < -0.3 is 15.5 Å². The van der Waals surface area contributed by atoms with Crippen LogP contribution >= 0.6 is 0 Å². The van der Waals surface area contributed by atoms with Crippen molar-refractivity contribution in [1.29, 1.82) is 0 Å². The molecular weight excluding hydrogens is 262 g/mol. The Morgan fingerprint density at radius 1 is 1.10 bits per heavy atom. The SMILES string of the molecule is CCC(O)(CC)CNC(C)c1ccc2ccccc2c1O. The number of fused-ring (bicyclic) bond motifs is 1. The zero-order chi connectivity index (χ0) is 15.5. The van der Waals surface area contributed by atoms with E-state index in [-0.39, 0.29) is 6.04 Å². The van der Waals surface area contributed by atoms with E-state index < -0.39 is 5.60 Å². The Morgan fingerprint density at radius 3 is 2.43 bits per heavy atom. The number of hydrogen-bond donors (Lipinski definition) is 3. The fourth-order valence-corrected chi connectivity index (χ4v) is 2.57. The van der Waals surface area contributed by atoms with Gasteiger partial charge in [0.05, 0.1) is 5.60 Å². The molecule has 0 fully saturated rings. The second kappa shape index (κ2) is 6.46. The summed E-state index contributed by atoms with van der Waals surface area (Å²) in [6.45, 7) is 6.51. The molecule has 0 saturated carbocycles. The molecule has 0 aliphatic carbocycles. The first-order valence-corrected chi connectivity index (χ1v) is 7.67. The lowest BCUT2D eigenvalue weighted by atomic mass is 9.96. The quantitative estimate of drug-likeness (QED) is 0.758. The van der Waals surface area contributed by atoms with E-state index in [4.69, 9.17) is 0 Å². The number of rotatable bonds is 6. The van der Waals surface area contributed by atoms with Crippen LogP contribution < -0.4 is 5.32 Å². The Hall–Kier alpha value is -1.58. The molecule has 2 rings (SSSR count). The summed E-state index contributed by atoms with van der Waals surface area (Å²) in [5.74, 6) is 0.324. The lowest BCUT2D eigenvalue weighted by molar-refractivity contribution is 0.0302. The molecule has 1 unspecified atom stereocenters. The van der Waals surface area contributed by atoms with Gasteiger partial charge in [-0.3, -0.25) is 0 Å². The normalized spacial score (nSPS) is 13.5. The highest BCUT2D eigenvalue weighted by atomic mass is 16.3. The third-order valence-corrected chi connectivity index (χ3v) is 4.45. The molecular formula is C18H25NO2. The summed E-state index contributed by atoms with van der Waals surface area (Å²) in [5.41, 5.74) is 0.184. The summed E-state index contributed by atoms with van der Waals surface area (Å²) in [4.78, 5) is 0. The molecule has 0 bridgehead atoms. The van der Waals surface area contributed by atoms with Crippen molar-refractivity contribution in [3.05, 3.63) is 42.0 Å². The molecule has 2 aromatic carbocycles. The summed E-state index contributed by atoms with van der Waals surface area (Å²) >= 11 is 0. The molecule has 0 aliphatic heterocycles. The standard InChI is InChI=1S/C18H25NO2/c1-4-18(21,5-2)12-19-13(3)15-11-10-14-8-6-7-9-16(14)17(15)20/h6-11,13,19-21H,4-5,12H2,1-3H3. The Kier molecular flexibility index (Phi) is 4.86. The summed E-state index contributed by atoms with van der Waals surface area (Å²) in [5, 5.41) is 26.0. The zero-order valence-corrected chi connectivity index (χ0v) is 13.1. The number of nitrogens with one attached hydrogen (secondary N) is 1. The molecule has 3 nitrogen and oxygen atoms in total. The Labute approximate surface area is 126 Å². The van der Waals surface area contributed by atoms with Crippen molar-refractivity contribution in [3.8, 4) is 5.75 Å². The molecule has 114 valence electrons. The Bertz CT molecular complexity index is 605. The van der Waals surface area contributed by atoms with Crippen molar-refractivity contribution in [2.75, 3.05) is 6.54 Å². The van der Waals surface area contributed by atoms with Crippen LogP contribution in [0.15, 0.2) is 36.4 Å². The monoisotopic (exact) mass is 287 g/mol. The molecule has 0 radical (unpaired) electrons. The van der Waals surface area contributed by atoms with E-state index in [0.717, 1.165) is 16.3 Å². The molecule has 0 aliphatic rings. The highest BCUT2D eigenvalue weighted by Gasteiger charge is 2.23. The average Bonchev–Trinajstić information content (AvgIpc) is 2.53. The van der Waals surface area contributed by atoms with Crippen LogP contribution in [-0.4, -0.2) is 22.4 Å². The third kappa shape index (κ3) is 3.36. The molecule has 3 heteroatoms. The molecule has 3 N–H and O–H groups in total. The van der Waals surface area contributed by atoms with E-state index in [9.17, 15) is 10.2 Å². The fourth-order valence-electron chi connectivity index (χ4n) is 2.57. The Morgan fingerprint density at radius 2 is 1.76 bits per heavy atom. The first-order valence-electron chi connectivity index (χ1n) is 7.67. The van der Waals surface area contributed by atoms with Gasteiger partial charge in [0.25, 0.3) is 0 Å². The number of aromatic hydroxyl groups is 1. The number of hydrogen-bond acceptors (Lipinski definition) is 3. The van der Waals surface area contributed by atoms with E-state index in [0.29, 0.717) is 25.1 Å². The smallest absolute Gasteiger partial charge is 0.128 e. The minimum absolute atomic E-state index is 0.0146. The number of benzene rings is 2. The van der Waals surface area contributed by atoms with Gasteiger partial charge in [-0.25, -0.2) is 0 Å². The van der Waals surface area contributed by atoms with E-state index >= 15 is 0 Å². The first-order chi connectivity index (χ1) is 10.0. The van der Waals surface area contributed by atoms with E-state index in [1.807, 2.05) is 57.2 Å². The van der Waals surface area contributed by atoms with Crippen LogP contribution in [0.25, 0.3) is 10.8 Å². The number of phenolic OH excluding ortho intramolecular Hbond substituents is 1. The number of phenols is 1. The van der Waals surface area contributed by atoms with Gasteiger partial charge in [0.15, 0.2) is 0 Å². The molecule has 0 amide bonds. The Balaban J connectivity index is 2.20. The van der Waals surface area contributed by atoms with Crippen LogP contribution in [0.5, 0.6) is 5.75 Å². The molecule has 1 atom stereocenters. The first kappa shape index (κ1) is 15.8. The van der Waals surface area contributed by atoms with Crippen LogP contribution in [0, 0.1) is 0 Å². The van der Waals surface area contributed by atoms with Gasteiger partial charge >= 0.3 is 0 Å². The average molecular weight is 287 g/mol. The van der Waals surface area contributed by atoms with E-state index in [1.165, 1.54) is 0 Å². The van der Waals surface area contributed by atoms with Gasteiger partial charge in [-0.05, 0) is 25.2 Å². The molecule has 0 heterocycles. The topological polar surface area (TPSA) is 52.5 Å². The zero-order valence-electron chi connectivity index (χ0n) is 13.1. The second-order valence-corrected chi connectivity index (χ2v) is 5.76. The van der Waals surface area contributed by atoms with E-state index in [1.54, 1.807) is 0 Å². The van der Waals surface area contributed by atoms with Gasteiger partial charge in [0, 0.05) is 23.5 Å². The van der Waals surface area contributed by atoms with Crippen molar-refractivity contribution in [2.24, 2.45) is 0 Å². The highest BCUT2D eigenvalue weighted by Crippen LogP contribution is 2.32. The predicted octanol–water partition coefficient (Wildman–Crippen LogP) is 3.75. The van der Waals surface area contributed by atoms with Crippen molar-refractivity contribution in [2.45, 2.75) is 45.3 Å². The fraction of sp³-hybridized carbons (Fsp3) is 0.444.